The highest BCUT2D eigenvalue weighted by Gasteiger charge is 2.03. The van der Waals surface area contributed by atoms with Gasteiger partial charge in [0.15, 0.2) is 5.11 Å². The van der Waals surface area contributed by atoms with E-state index in [1.807, 2.05) is 50.2 Å². The Morgan fingerprint density at radius 3 is 2.29 bits per heavy atom. The Morgan fingerprint density at radius 2 is 1.71 bits per heavy atom. The quantitative estimate of drug-likeness (QED) is 0.656. The summed E-state index contributed by atoms with van der Waals surface area (Å²) >= 11 is 5.17. The molecule has 2 aromatic rings. The van der Waals surface area contributed by atoms with Crippen molar-refractivity contribution in [3.05, 3.63) is 65.2 Å². The number of carbonyl (C=O) groups excluding carboxylic acids is 1. The zero-order chi connectivity index (χ0) is 17.5. The van der Waals surface area contributed by atoms with Gasteiger partial charge in [0.1, 0.15) is 5.75 Å². The van der Waals surface area contributed by atoms with Gasteiger partial charge >= 0.3 is 0 Å². The van der Waals surface area contributed by atoms with Gasteiger partial charge in [-0.05, 0) is 73.1 Å². The fourth-order valence-corrected chi connectivity index (χ4v) is 2.47. The summed E-state index contributed by atoms with van der Waals surface area (Å²) < 4.78 is 5.09. The number of anilines is 1. The summed E-state index contributed by atoms with van der Waals surface area (Å²) in [5, 5.41) is 5.91. The molecule has 0 saturated heterocycles. The van der Waals surface area contributed by atoms with E-state index in [-0.39, 0.29) is 11.0 Å². The van der Waals surface area contributed by atoms with Gasteiger partial charge in [-0.25, -0.2) is 0 Å². The van der Waals surface area contributed by atoms with E-state index in [1.165, 1.54) is 6.08 Å². The van der Waals surface area contributed by atoms with E-state index < -0.39 is 0 Å². The van der Waals surface area contributed by atoms with E-state index in [0.29, 0.717) is 0 Å². The molecule has 5 heteroatoms. The van der Waals surface area contributed by atoms with Crippen LogP contribution in [0.25, 0.3) is 6.08 Å². The molecular weight excluding hydrogens is 320 g/mol. The van der Waals surface area contributed by atoms with Gasteiger partial charge in [-0.15, -0.1) is 0 Å². The minimum absolute atomic E-state index is 0.268. The van der Waals surface area contributed by atoms with Crippen LogP contribution in [0.15, 0.2) is 48.5 Å². The molecule has 1 amide bonds. The maximum Gasteiger partial charge on any atom is 0.250 e. The number of nitrogens with one attached hydrogen (secondary N) is 2. The third-order valence-corrected chi connectivity index (χ3v) is 3.46. The number of amides is 1. The van der Waals surface area contributed by atoms with Crippen molar-refractivity contribution in [2.45, 2.75) is 13.8 Å². The van der Waals surface area contributed by atoms with Gasteiger partial charge in [0.2, 0.25) is 5.91 Å². The molecule has 0 radical (unpaired) electrons. The summed E-state index contributed by atoms with van der Waals surface area (Å²) in [5.74, 6) is 0.489. The first-order valence-corrected chi connectivity index (χ1v) is 7.89. The van der Waals surface area contributed by atoms with E-state index in [1.54, 1.807) is 13.2 Å². The van der Waals surface area contributed by atoms with Crippen molar-refractivity contribution in [1.82, 2.24) is 5.32 Å². The Labute approximate surface area is 147 Å². The molecule has 0 atom stereocenters. The average Bonchev–Trinajstić information content (AvgIpc) is 2.52. The Morgan fingerprint density at radius 1 is 1.08 bits per heavy atom. The molecule has 0 saturated carbocycles. The first kappa shape index (κ1) is 17.7. The van der Waals surface area contributed by atoms with Gasteiger partial charge in [-0.1, -0.05) is 18.2 Å². The number of methoxy groups -OCH3 is 1. The second-order valence-electron chi connectivity index (χ2n) is 5.43. The van der Waals surface area contributed by atoms with Crippen LogP contribution in [0.2, 0.25) is 0 Å². The summed E-state index contributed by atoms with van der Waals surface area (Å²) in [6.45, 7) is 4.02. The van der Waals surface area contributed by atoms with Crippen molar-refractivity contribution >= 4 is 35.0 Å². The molecule has 0 aromatic heterocycles. The summed E-state index contributed by atoms with van der Waals surface area (Å²) in [7, 11) is 1.61. The lowest BCUT2D eigenvalue weighted by Crippen LogP contribution is -2.32. The third-order valence-electron chi connectivity index (χ3n) is 3.26. The molecule has 0 aliphatic rings. The van der Waals surface area contributed by atoms with Crippen molar-refractivity contribution in [3.8, 4) is 5.75 Å². The number of hydrogen-bond donors (Lipinski definition) is 2. The van der Waals surface area contributed by atoms with Gasteiger partial charge in [0.25, 0.3) is 0 Å². The monoisotopic (exact) mass is 340 g/mol. The lowest BCUT2D eigenvalue weighted by atomic mass is 10.1. The van der Waals surface area contributed by atoms with Crippen LogP contribution in [0.3, 0.4) is 0 Å². The minimum atomic E-state index is -0.285. The number of aryl methyl sites for hydroxylation is 2. The highest BCUT2D eigenvalue weighted by molar-refractivity contribution is 7.80. The normalized spacial score (nSPS) is 10.5. The fourth-order valence-electron chi connectivity index (χ4n) is 2.25. The van der Waals surface area contributed by atoms with Crippen molar-refractivity contribution < 1.29 is 9.53 Å². The number of ether oxygens (including phenoxy) is 1. The maximum absolute atomic E-state index is 11.9. The SMILES string of the molecule is COc1ccc(C=CC(=O)NC(=S)Nc2cc(C)cc(C)c2)cc1. The van der Waals surface area contributed by atoms with Gasteiger partial charge in [0.05, 0.1) is 7.11 Å². The molecule has 2 aromatic carbocycles. The lowest BCUT2D eigenvalue weighted by molar-refractivity contribution is -0.115. The molecule has 0 heterocycles. The standard InChI is InChI=1S/C19H20N2O2S/c1-13-10-14(2)12-16(11-13)20-19(24)21-18(22)9-6-15-4-7-17(23-3)8-5-15/h4-12H,1-3H3,(H2,20,21,22,24). The summed E-state index contributed by atoms with van der Waals surface area (Å²) in [6.07, 6.45) is 3.16. The minimum Gasteiger partial charge on any atom is -0.497 e. The van der Waals surface area contributed by atoms with Crippen LogP contribution in [0.5, 0.6) is 5.75 Å². The van der Waals surface area contributed by atoms with Crippen LogP contribution in [-0.4, -0.2) is 18.1 Å². The lowest BCUT2D eigenvalue weighted by Gasteiger charge is -2.09. The van der Waals surface area contributed by atoms with E-state index in [0.717, 1.165) is 28.1 Å². The maximum atomic E-state index is 11.9. The first-order valence-electron chi connectivity index (χ1n) is 7.48. The smallest absolute Gasteiger partial charge is 0.250 e. The van der Waals surface area contributed by atoms with Crippen LogP contribution < -0.4 is 15.4 Å². The van der Waals surface area contributed by atoms with Crippen LogP contribution in [0.4, 0.5) is 5.69 Å². The van der Waals surface area contributed by atoms with Crippen molar-refractivity contribution in [1.29, 1.82) is 0 Å². The molecule has 0 spiro atoms. The fraction of sp³-hybridized carbons (Fsp3) is 0.158. The molecular formula is C19H20N2O2S. The molecule has 2 N–H and O–H groups in total. The Bertz CT molecular complexity index is 747. The molecule has 0 aliphatic heterocycles. The summed E-state index contributed by atoms with van der Waals surface area (Å²) in [5.41, 5.74) is 4.02. The first-order chi connectivity index (χ1) is 11.5. The number of rotatable bonds is 4. The van der Waals surface area contributed by atoms with Crippen molar-refractivity contribution in [2.75, 3.05) is 12.4 Å². The number of carbonyl (C=O) groups is 1. The highest BCUT2D eigenvalue weighted by atomic mass is 32.1. The van der Waals surface area contributed by atoms with Crippen molar-refractivity contribution in [2.24, 2.45) is 0 Å². The van der Waals surface area contributed by atoms with Gasteiger partial charge in [-0.3, -0.25) is 10.1 Å². The predicted octanol–water partition coefficient (Wildman–Crippen LogP) is 3.84. The van der Waals surface area contributed by atoms with E-state index in [9.17, 15) is 4.79 Å². The molecule has 0 unspecified atom stereocenters. The van der Waals surface area contributed by atoms with Crippen LogP contribution >= 0.6 is 12.2 Å². The molecule has 24 heavy (non-hydrogen) atoms. The summed E-state index contributed by atoms with van der Waals surface area (Å²) in [6, 6.07) is 13.4. The molecule has 0 aliphatic carbocycles. The van der Waals surface area contributed by atoms with Crippen LogP contribution in [0.1, 0.15) is 16.7 Å². The summed E-state index contributed by atoms with van der Waals surface area (Å²) in [4.78, 5) is 11.9. The topological polar surface area (TPSA) is 50.4 Å². The second-order valence-corrected chi connectivity index (χ2v) is 5.83. The molecule has 0 fully saturated rings. The number of hydrogen-bond acceptors (Lipinski definition) is 3. The average molecular weight is 340 g/mol. The third kappa shape index (κ3) is 5.52. The van der Waals surface area contributed by atoms with Gasteiger partial charge in [-0.2, -0.15) is 0 Å². The Balaban J connectivity index is 1.90. The Kier molecular flexibility index (Phi) is 6.09. The number of benzene rings is 2. The predicted molar refractivity (Wildman–Crippen MR) is 102 cm³/mol. The zero-order valence-electron chi connectivity index (χ0n) is 13.9. The van der Waals surface area contributed by atoms with Gasteiger partial charge in [0, 0.05) is 11.8 Å². The molecule has 4 nitrogen and oxygen atoms in total. The largest absolute Gasteiger partial charge is 0.497 e. The molecule has 0 bridgehead atoms. The van der Waals surface area contributed by atoms with E-state index >= 15 is 0 Å². The van der Waals surface area contributed by atoms with Crippen LogP contribution in [-0.2, 0) is 4.79 Å². The number of thiocarbonyl (C=S) groups is 1. The Hall–Kier alpha value is -2.66. The molecule has 124 valence electrons. The zero-order valence-corrected chi connectivity index (χ0v) is 14.7. The van der Waals surface area contributed by atoms with Crippen LogP contribution in [0, 0.1) is 13.8 Å². The molecule has 2 rings (SSSR count). The second kappa shape index (κ2) is 8.26. The van der Waals surface area contributed by atoms with E-state index in [4.69, 9.17) is 17.0 Å². The van der Waals surface area contributed by atoms with E-state index in [2.05, 4.69) is 16.7 Å². The van der Waals surface area contributed by atoms with Gasteiger partial charge < -0.3 is 10.1 Å². The highest BCUT2D eigenvalue weighted by Crippen LogP contribution is 2.14. The van der Waals surface area contributed by atoms with Crippen molar-refractivity contribution in [3.63, 3.8) is 0 Å².